The smallest absolute Gasteiger partial charge is 0.258 e. The minimum Gasteiger partial charge on any atom is -0.258 e. The van der Waals surface area contributed by atoms with Crippen molar-refractivity contribution in [3.05, 3.63) is 39.4 Å². The predicted molar refractivity (Wildman–Crippen MR) is 37.7 cm³/mol. The third kappa shape index (κ3) is 1.25. The van der Waals surface area contributed by atoms with Crippen molar-refractivity contribution in [1.82, 2.24) is 0 Å². The average molecular weight is 173 g/mol. The van der Waals surface area contributed by atoms with Crippen LogP contribution in [0.25, 0.3) is 0 Å². The van der Waals surface area contributed by atoms with Crippen molar-refractivity contribution >= 4 is 5.69 Å². The van der Waals surface area contributed by atoms with Crippen LogP contribution in [0.4, 0.5) is 14.5 Å². The number of halogens is 2. The van der Waals surface area contributed by atoms with Gasteiger partial charge in [-0.25, -0.2) is 4.39 Å². The van der Waals surface area contributed by atoms with E-state index in [2.05, 4.69) is 0 Å². The van der Waals surface area contributed by atoms with Gasteiger partial charge in [-0.05, 0) is 18.6 Å². The quantitative estimate of drug-likeness (QED) is 0.482. The maximum Gasteiger partial charge on any atom is 0.307 e. The number of nitrogens with zero attached hydrogens (tertiary/aromatic N) is 1. The summed E-state index contributed by atoms with van der Waals surface area (Å²) in [7, 11) is 0. The highest BCUT2D eigenvalue weighted by molar-refractivity contribution is 5.35. The van der Waals surface area contributed by atoms with E-state index in [1.165, 1.54) is 6.92 Å². The summed E-state index contributed by atoms with van der Waals surface area (Å²) in [5.41, 5.74) is -0.781. The van der Waals surface area contributed by atoms with Crippen molar-refractivity contribution in [2.24, 2.45) is 0 Å². The zero-order valence-electron chi connectivity index (χ0n) is 6.17. The lowest BCUT2D eigenvalue weighted by Crippen LogP contribution is -1.96. The van der Waals surface area contributed by atoms with Gasteiger partial charge < -0.3 is 0 Å². The molecular weight excluding hydrogens is 168 g/mol. The Balaban J connectivity index is 3.36. The Bertz CT molecular complexity index is 338. The van der Waals surface area contributed by atoms with E-state index in [0.29, 0.717) is 0 Å². The molecule has 0 saturated heterocycles. The van der Waals surface area contributed by atoms with Crippen LogP contribution < -0.4 is 0 Å². The Morgan fingerprint density at radius 1 is 1.33 bits per heavy atom. The molecule has 0 atom stereocenters. The third-order valence-corrected chi connectivity index (χ3v) is 1.45. The molecule has 0 spiro atoms. The van der Waals surface area contributed by atoms with Crippen molar-refractivity contribution < 1.29 is 13.7 Å². The molecule has 0 aliphatic rings. The summed E-state index contributed by atoms with van der Waals surface area (Å²) in [6.45, 7) is 1.34. The molecule has 64 valence electrons. The summed E-state index contributed by atoms with van der Waals surface area (Å²) in [6.07, 6.45) is 0. The van der Waals surface area contributed by atoms with Crippen LogP contribution in [0.3, 0.4) is 0 Å². The molecule has 0 radical (unpaired) electrons. The largest absolute Gasteiger partial charge is 0.307 e. The second kappa shape index (κ2) is 2.84. The maximum absolute atomic E-state index is 12.7. The van der Waals surface area contributed by atoms with E-state index in [-0.39, 0.29) is 5.56 Å². The van der Waals surface area contributed by atoms with Gasteiger partial charge in [0.05, 0.1) is 4.92 Å². The second-order valence-corrected chi connectivity index (χ2v) is 2.29. The Labute approximate surface area is 66.8 Å². The SMILES string of the molecule is Cc1ccc([N+](=O)[O-])c(F)c1F. The maximum atomic E-state index is 12.7. The zero-order chi connectivity index (χ0) is 9.30. The van der Waals surface area contributed by atoms with Crippen LogP contribution in [0.1, 0.15) is 5.56 Å². The lowest BCUT2D eigenvalue weighted by atomic mass is 10.2. The molecule has 5 heteroatoms. The number of benzene rings is 1. The van der Waals surface area contributed by atoms with Gasteiger partial charge >= 0.3 is 5.69 Å². The fourth-order valence-electron chi connectivity index (χ4n) is 0.777. The lowest BCUT2D eigenvalue weighted by Gasteiger charge is -1.97. The fraction of sp³-hybridized carbons (Fsp3) is 0.143. The average Bonchev–Trinajstić information content (AvgIpc) is 2.00. The molecule has 0 N–H and O–H groups in total. The molecule has 0 heterocycles. The van der Waals surface area contributed by atoms with E-state index in [4.69, 9.17) is 0 Å². The molecule has 0 aromatic heterocycles. The first-order valence-corrected chi connectivity index (χ1v) is 3.13. The molecular formula is C7H5F2NO2. The van der Waals surface area contributed by atoms with Crippen LogP contribution in [-0.4, -0.2) is 4.92 Å². The van der Waals surface area contributed by atoms with Crippen LogP contribution in [-0.2, 0) is 0 Å². The van der Waals surface area contributed by atoms with Crippen LogP contribution in [0.2, 0.25) is 0 Å². The number of nitro groups is 1. The van der Waals surface area contributed by atoms with Gasteiger partial charge in [0.25, 0.3) is 0 Å². The number of hydrogen-bond donors (Lipinski definition) is 0. The summed E-state index contributed by atoms with van der Waals surface area (Å²) >= 11 is 0. The molecule has 0 bridgehead atoms. The van der Waals surface area contributed by atoms with Gasteiger partial charge in [0.2, 0.25) is 5.82 Å². The molecule has 1 aromatic carbocycles. The zero-order valence-corrected chi connectivity index (χ0v) is 6.17. The number of rotatable bonds is 1. The molecule has 3 nitrogen and oxygen atoms in total. The highest BCUT2D eigenvalue weighted by atomic mass is 19.2. The Morgan fingerprint density at radius 2 is 1.92 bits per heavy atom. The number of aryl methyl sites for hydroxylation is 1. The number of hydrogen-bond acceptors (Lipinski definition) is 2. The molecule has 12 heavy (non-hydrogen) atoms. The third-order valence-electron chi connectivity index (χ3n) is 1.45. The molecule has 0 saturated carbocycles. The highest BCUT2D eigenvalue weighted by Crippen LogP contribution is 2.21. The topological polar surface area (TPSA) is 43.1 Å². The Hall–Kier alpha value is -1.52. The van der Waals surface area contributed by atoms with Gasteiger partial charge in [0, 0.05) is 6.07 Å². The summed E-state index contributed by atoms with van der Waals surface area (Å²) in [4.78, 5) is 9.12. The van der Waals surface area contributed by atoms with Crippen LogP contribution >= 0.6 is 0 Å². The second-order valence-electron chi connectivity index (χ2n) is 2.29. The first kappa shape index (κ1) is 8.58. The molecule has 1 aromatic rings. The van der Waals surface area contributed by atoms with Gasteiger partial charge in [0.1, 0.15) is 0 Å². The van der Waals surface area contributed by atoms with Crippen molar-refractivity contribution in [2.45, 2.75) is 6.92 Å². The van der Waals surface area contributed by atoms with E-state index in [1.807, 2.05) is 0 Å². The first-order valence-electron chi connectivity index (χ1n) is 3.13. The molecule has 0 aliphatic carbocycles. The summed E-state index contributed by atoms with van der Waals surface area (Å²) in [5.74, 6) is -2.57. The molecule has 0 unspecified atom stereocenters. The van der Waals surface area contributed by atoms with E-state index in [1.54, 1.807) is 0 Å². The minimum absolute atomic E-state index is 0.0538. The van der Waals surface area contributed by atoms with Crippen LogP contribution in [0, 0.1) is 28.7 Å². The van der Waals surface area contributed by atoms with E-state index in [9.17, 15) is 18.9 Å². The summed E-state index contributed by atoms with van der Waals surface area (Å²) < 4.78 is 25.4. The van der Waals surface area contributed by atoms with Crippen molar-refractivity contribution in [2.75, 3.05) is 0 Å². The molecule has 0 fully saturated rings. The minimum atomic E-state index is -1.40. The van der Waals surface area contributed by atoms with Crippen LogP contribution in [0.5, 0.6) is 0 Å². The number of nitro benzene ring substituents is 1. The summed E-state index contributed by atoms with van der Waals surface area (Å²) in [5, 5.41) is 10.1. The van der Waals surface area contributed by atoms with Gasteiger partial charge in [-0.2, -0.15) is 4.39 Å². The Kier molecular flexibility index (Phi) is 2.03. The lowest BCUT2D eigenvalue weighted by molar-refractivity contribution is -0.387. The summed E-state index contributed by atoms with van der Waals surface area (Å²) in [6, 6.07) is 2.10. The van der Waals surface area contributed by atoms with Crippen molar-refractivity contribution in [3.8, 4) is 0 Å². The van der Waals surface area contributed by atoms with Crippen molar-refractivity contribution in [1.29, 1.82) is 0 Å². The predicted octanol–water partition coefficient (Wildman–Crippen LogP) is 2.18. The molecule has 1 rings (SSSR count). The Morgan fingerprint density at radius 3 is 2.42 bits per heavy atom. The van der Waals surface area contributed by atoms with Crippen molar-refractivity contribution in [3.63, 3.8) is 0 Å². The van der Waals surface area contributed by atoms with Gasteiger partial charge in [0.15, 0.2) is 5.82 Å². The van der Waals surface area contributed by atoms with E-state index in [0.717, 1.165) is 12.1 Å². The molecule has 0 amide bonds. The molecule has 0 aliphatic heterocycles. The highest BCUT2D eigenvalue weighted by Gasteiger charge is 2.18. The normalized spacial score (nSPS) is 9.92. The van der Waals surface area contributed by atoms with E-state index >= 15 is 0 Å². The monoisotopic (exact) mass is 173 g/mol. The van der Waals surface area contributed by atoms with E-state index < -0.39 is 22.2 Å². The van der Waals surface area contributed by atoms with Gasteiger partial charge in [-0.15, -0.1) is 0 Å². The first-order chi connectivity index (χ1) is 5.54. The van der Waals surface area contributed by atoms with Gasteiger partial charge in [-0.3, -0.25) is 10.1 Å². The standard InChI is InChI=1S/C7H5F2NO2/c1-4-2-3-5(10(11)12)7(9)6(4)8/h2-3H,1H3. The fourth-order valence-corrected chi connectivity index (χ4v) is 0.777. The van der Waals surface area contributed by atoms with Crippen LogP contribution in [0.15, 0.2) is 12.1 Å². The van der Waals surface area contributed by atoms with Gasteiger partial charge in [-0.1, -0.05) is 0 Å².